The van der Waals surface area contributed by atoms with E-state index in [0.717, 1.165) is 25.1 Å². The molecule has 1 aromatic carbocycles. The number of piperazine rings is 1. The molecule has 0 radical (unpaired) electrons. The van der Waals surface area contributed by atoms with Gasteiger partial charge >= 0.3 is 0 Å². The Labute approximate surface area is 240 Å². The molecule has 41 heavy (non-hydrogen) atoms. The summed E-state index contributed by atoms with van der Waals surface area (Å²) < 4.78 is 36.4. The van der Waals surface area contributed by atoms with Crippen molar-refractivity contribution in [3.05, 3.63) is 58.8 Å². The smallest absolute Gasteiger partial charge is 0.282 e. The van der Waals surface area contributed by atoms with Gasteiger partial charge in [0.2, 0.25) is 10.0 Å². The minimum atomic E-state index is -3.76. The van der Waals surface area contributed by atoms with Gasteiger partial charge in [-0.05, 0) is 49.7 Å². The average molecular weight is 583 g/mol. The Morgan fingerprint density at radius 3 is 2.46 bits per heavy atom. The summed E-state index contributed by atoms with van der Waals surface area (Å²) in [5.74, 6) is 0.791. The third-order valence-electron chi connectivity index (χ3n) is 7.38. The molecule has 0 bridgehead atoms. The van der Waals surface area contributed by atoms with E-state index in [2.05, 4.69) is 29.3 Å². The second-order valence-corrected chi connectivity index (χ2v) is 12.0. The largest absolute Gasteiger partial charge is 0.493 e. The summed E-state index contributed by atoms with van der Waals surface area (Å²) in [6, 6.07) is 4.83. The quantitative estimate of drug-likeness (QED) is 0.384. The predicted octanol–water partition coefficient (Wildman–Crippen LogP) is 2.35. The van der Waals surface area contributed by atoms with Crippen LogP contribution in [-0.4, -0.2) is 76.4 Å². The standard InChI is InChI=1S/C28H38N8O4S/c1-5-10-23-25-26(31-36(23)35-14-9-8-13-29-35)28(37)32(4)27(30-25)22-20-21(11-12-24(22)40-19-6-2)41(38,39)34-17-15-33(7-3)16-18-34/h8-9,11-14,20,29H,5-7,10,15-19H2,1-4H3. The topological polar surface area (TPSA) is 118 Å². The first-order chi connectivity index (χ1) is 19.8. The van der Waals surface area contributed by atoms with Crippen molar-refractivity contribution < 1.29 is 13.2 Å². The fraction of sp³-hybridized carbons (Fsp3) is 0.464. The molecule has 1 fully saturated rings. The number of aryl methyl sites for hydroxylation is 1. The van der Waals surface area contributed by atoms with Crippen LogP contribution in [0.25, 0.3) is 22.4 Å². The first-order valence-electron chi connectivity index (χ1n) is 14.2. The van der Waals surface area contributed by atoms with Gasteiger partial charge < -0.3 is 9.64 Å². The number of hydrogen-bond donors (Lipinski definition) is 1. The molecule has 0 aliphatic carbocycles. The van der Waals surface area contributed by atoms with Crippen LogP contribution in [0.4, 0.5) is 0 Å². The molecule has 5 rings (SSSR count). The van der Waals surface area contributed by atoms with Gasteiger partial charge in [0.15, 0.2) is 5.52 Å². The SMILES string of the molecule is CCCOc1ccc(S(=O)(=O)N2CCN(CC)CC2)cc1-c1nc2c(CCC)n(N3C=CC=CN3)nc2c(=O)n1C. The molecule has 220 valence electrons. The van der Waals surface area contributed by atoms with E-state index >= 15 is 0 Å². The van der Waals surface area contributed by atoms with Gasteiger partial charge in [-0.3, -0.25) is 14.8 Å². The zero-order valence-electron chi connectivity index (χ0n) is 24.1. The van der Waals surface area contributed by atoms with Gasteiger partial charge in [-0.2, -0.15) is 14.2 Å². The molecule has 4 heterocycles. The molecule has 0 unspecified atom stereocenters. The van der Waals surface area contributed by atoms with Crippen molar-refractivity contribution in [2.24, 2.45) is 7.05 Å². The summed E-state index contributed by atoms with van der Waals surface area (Å²) in [5.41, 5.74) is 4.69. The van der Waals surface area contributed by atoms with Crippen LogP contribution >= 0.6 is 0 Å². The number of hydrazine groups is 1. The van der Waals surface area contributed by atoms with Crippen LogP contribution in [0, 0.1) is 0 Å². The highest BCUT2D eigenvalue weighted by atomic mass is 32.2. The lowest BCUT2D eigenvalue weighted by atomic mass is 10.1. The van der Waals surface area contributed by atoms with E-state index in [1.54, 1.807) is 41.4 Å². The van der Waals surface area contributed by atoms with Crippen molar-refractivity contribution in [1.82, 2.24) is 34.1 Å². The van der Waals surface area contributed by atoms with Gasteiger partial charge in [0.25, 0.3) is 5.56 Å². The summed E-state index contributed by atoms with van der Waals surface area (Å²) in [6.07, 6.45) is 9.50. The molecule has 2 aliphatic rings. The van der Waals surface area contributed by atoms with E-state index in [0.29, 0.717) is 61.9 Å². The van der Waals surface area contributed by atoms with Crippen molar-refractivity contribution in [2.45, 2.75) is 44.9 Å². The van der Waals surface area contributed by atoms with Crippen LogP contribution < -0.4 is 20.8 Å². The van der Waals surface area contributed by atoms with Crippen molar-refractivity contribution in [3.8, 4) is 17.1 Å². The lowest BCUT2D eigenvalue weighted by molar-refractivity contribution is 0.196. The monoisotopic (exact) mass is 582 g/mol. The van der Waals surface area contributed by atoms with Crippen LogP contribution in [0.5, 0.6) is 5.75 Å². The molecule has 1 saturated heterocycles. The lowest BCUT2D eigenvalue weighted by Gasteiger charge is -2.33. The van der Waals surface area contributed by atoms with Crippen LogP contribution in [0.3, 0.4) is 0 Å². The fourth-order valence-electron chi connectivity index (χ4n) is 5.09. The highest BCUT2D eigenvalue weighted by Crippen LogP contribution is 2.33. The van der Waals surface area contributed by atoms with Crippen LogP contribution in [0.1, 0.15) is 39.3 Å². The zero-order valence-corrected chi connectivity index (χ0v) is 24.9. The van der Waals surface area contributed by atoms with E-state index in [1.165, 1.54) is 8.87 Å². The predicted molar refractivity (Wildman–Crippen MR) is 158 cm³/mol. The highest BCUT2D eigenvalue weighted by Gasteiger charge is 2.30. The summed E-state index contributed by atoms with van der Waals surface area (Å²) in [7, 11) is -2.14. The highest BCUT2D eigenvalue weighted by molar-refractivity contribution is 7.89. The normalized spacial score (nSPS) is 16.4. The Balaban J connectivity index is 1.65. The number of sulfonamides is 1. The number of nitrogens with one attached hydrogen (secondary N) is 1. The molecule has 0 saturated carbocycles. The minimum absolute atomic E-state index is 0.148. The number of ether oxygens (including phenoxy) is 1. The number of allylic oxidation sites excluding steroid dienone is 2. The summed E-state index contributed by atoms with van der Waals surface area (Å²) in [4.78, 5) is 22.7. The molecular formula is C28H38N8O4S. The van der Waals surface area contributed by atoms with Crippen molar-refractivity contribution in [1.29, 1.82) is 0 Å². The zero-order chi connectivity index (χ0) is 29.1. The minimum Gasteiger partial charge on any atom is -0.493 e. The number of rotatable bonds is 10. The van der Waals surface area contributed by atoms with E-state index in [9.17, 15) is 13.2 Å². The van der Waals surface area contributed by atoms with E-state index in [-0.39, 0.29) is 16.0 Å². The maximum atomic E-state index is 13.7. The van der Waals surface area contributed by atoms with E-state index < -0.39 is 10.0 Å². The Morgan fingerprint density at radius 2 is 1.80 bits per heavy atom. The third kappa shape index (κ3) is 5.48. The number of likely N-dealkylation sites (N-methyl/N-ethyl adjacent to an activating group) is 1. The van der Waals surface area contributed by atoms with Crippen molar-refractivity contribution >= 4 is 21.1 Å². The molecule has 2 aliphatic heterocycles. The van der Waals surface area contributed by atoms with Gasteiger partial charge in [-0.15, -0.1) is 5.10 Å². The van der Waals surface area contributed by atoms with E-state index in [4.69, 9.17) is 9.72 Å². The van der Waals surface area contributed by atoms with Gasteiger partial charge in [0.05, 0.1) is 22.8 Å². The molecule has 0 atom stereocenters. The maximum Gasteiger partial charge on any atom is 0.282 e. The number of nitrogens with zero attached hydrogens (tertiary/aromatic N) is 7. The fourth-order valence-corrected chi connectivity index (χ4v) is 6.54. The van der Waals surface area contributed by atoms with Crippen molar-refractivity contribution in [2.75, 3.05) is 44.4 Å². The summed E-state index contributed by atoms with van der Waals surface area (Å²) >= 11 is 0. The first kappa shape index (κ1) is 28.8. The second kappa shape index (κ2) is 12.0. The molecule has 1 N–H and O–H groups in total. The molecule has 12 nitrogen and oxygen atoms in total. The lowest BCUT2D eigenvalue weighted by Crippen LogP contribution is -2.48. The van der Waals surface area contributed by atoms with Crippen LogP contribution in [-0.2, 0) is 23.5 Å². The molecule has 0 spiro atoms. The number of benzene rings is 1. The van der Waals surface area contributed by atoms with Crippen LogP contribution in [0.2, 0.25) is 0 Å². The Bertz CT molecular complexity index is 1630. The Morgan fingerprint density at radius 1 is 1.02 bits per heavy atom. The molecule has 0 amide bonds. The Kier molecular flexibility index (Phi) is 8.47. The van der Waals surface area contributed by atoms with Gasteiger partial charge in [0, 0.05) is 45.6 Å². The molecule has 2 aromatic heterocycles. The maximum absolute atomic E-state index is 13.7. The van der Waals surface area contributed by atoms with Crippen molar-refractivity contribution in [3.63, 3.8) is 0 Å². The average Bonchev–Trinajstić information content (AvgIpc) is 3.36. The Hall–Kier alpha value is -3.68. The van der Waals surface area contributed by atoms with E-state index in [1.807, 2.05) is 25.3 Å². The van der Waals surface area contributed by atoms with Gasteiger partial charge in [-0.1, -0.05) is 27.2 Å². The summed E-state index contributed by atoms with van der Waals surface area (Å²) in [5, 5.41) is 6.30. The van der Waals surface area contributed by atoms with Gasteiger partial charge in [-0.25, -0.2) is 13.4 Å². The number of aromatic nitrogens is 4. The molecular weight excluding hydrogens is 544 g/mol. The second-order valence-electron chi connectivity index (χ2n) is 10.1. The number of fused-ring (bicyclic) bond motifs is 1. The van der Waals surface area contributed by atoms with Gasteiger partial charge in [0.1, 0.15) is 17.1 Å². The number of hydrogen-bond acceptors (Lipinski definition) is 9. The third-order valence-corrected chi connectivity index (χ3v) is 9.27. The molecule has 3 aromatic rings. The van der Waals surface area contributed by atoms with Crippen LogP contribution in [0.15, 0.2) is 52.4 Å². The first-order valence-corrected chi connectivity index (χ1v) is 15.6. The molecule has 13 heteroatoms. The summed E-state index contributed by atoms with van der Waals surface area (Å²) in [6.45, 7) is 9.68.